The number of benzene rings is 1. The Hall–Kier alpha value is -1.61. The number of carbonyl (C=O) groups is 1. The SMILES string of the molecule is Cc1cc2c(cc1CO)/C(=C/C(=O)C13CC4CC(CC(C4)C1)C3)NC(C)(C)C2. The molecule has 2 N–H and O–H groups in total. The third-order valence-corrected chi connectivity index (χ3v) is 7.96. The van der Waals surface area contributed by atoms with E-state index in [1.165, 1.54) is 24.8 Å². The Kier molecular flexibility index (Phi) is 4.07. The molecule has 3 nitrogen and oxygen atoms in total. The van der Waals surface area contributed by atoms with Gasteiger partial charge in [-0.2, -0.15) is 0 Å². The molecular formula is C25H33NO2. The Balaban J connectivity index is 1.54. The second kappa shape index (κ2) is 6.19. The molecule has 5 aliphatic rings. The van der Waals surface area contributed by atoms with Gasteiger partial charge in [-0.05, 0) is 106 Å². The van der Waals surface area contributed by atoms with Gasteiger partial charge in [-0.3, -0.25) is 4.79 Å². The zero-order chi connectivity index (χ0) is 19.7. The topological polar surface area (TPSA) is 49.3 Å². The molecule has 4 fully saturated rings. The van der Waals surface area contributed by atoms with Crippen molar-refractivity contribution in [2.75, 3.05) is 0 Å². The molecule has 1 aliphatic heterocycles. The first kappa shape index (κ1) is 18.4. The Labute approximate surface area is 168 Å². The third kappa shape index (κ3) is 2.94. The van der Waals surface area contributed by atoms with E-state index in [2.05, 4.69) is 38.2 Å². The summed E-state index contributed by atoms with van der Waals surface area (Å²) >= 11 is 0. The largest absolute Gasteiger partial charge is 0.392 e. The summed E-state index contributed by atoms with van der Waals surface area (Å²) in [5.74, 6) is 2.68. The van der Waals surface area contributed by atoms with Crippen LogP contribution >= 0.6 is 0 Å². The van der Waals surface area contributed by atoms with Gasteiger partial charge < -0.3 is 10.4 Å². The monoisotopic (exact) mass is 379 g/mol. The predicted octanol–water partition coefficient (Wildman–Crippen LogP) is 4.54. The molecule has 1 aromatic rings. The molecule has 6 rings (SSSR count). The molecule has 150 valence electrons. The second-order valence-corrected chi connectivity index (χ2v) is 10.9. The van der Waals surface area contributed by atoms with Crippen LogP contribution in [0.15, 0.2) is 18.2 Å². The third-order valence-electron chi connectivity index (χ3n) is 7.96. The van der Waals surface area contributed by atoms with Crippen LogP contribution < -0.4 is 5.32 Å². The van der Waals surface area contributed by atoms with Crippen LogP contribution in [0.5, 0.6) is 0 Å². The Morgan fingerprint density at radius 1 is 1.14 bits per heavy atom. The van der Waals surface area contributed by atoms with Crippen molar-refractivity contribution in [1.29, 1.82) is 0 Å². The standard InChI is InChI=1S/C25H33NO2/c1-15-4-19-13-24(2,3)26-22(21(19)8-20(15)14-27)9-23(28)25-10-16-5-17(11-25)7-18(6-16)12-25/h4,8-9,16-18,26-27H,5-7,10-14H2,1-3H3/b22-9-. The maximum Gasteiger partial charge on any atom is 0.163 e. The molecule has 0 amide bonds. The molecule has 4 bridgehead atoms. The van der Waals surface area contributed by atoms with Crippen molar-refractivity contribution in [2.45, 2.75) is 77.9 Å². The minimum atomic E-state index is -0.101. The predicted molar refractivity (Wildman–Crippen MR) is 112 cm³/mol. The van der Waals surface area contributed by atoms with Crippen molar-refractivity contribution < 1.29 is 9.90 Å². The highest BCUT2D eigenvalue weighted by molar-refractivity contribution is 6.01. The zero-order valence-corrected chi connectivity index (χ0v) is 17.5. The van der Waals surface area contributed by atoms with Gasteiger partial charge in [0, 0.05) is 28.3 Å². The van der Waals surface area contributed by atoms with Gasteiger partial charge >= 0.3 is 0 Å². The minimum absolute atomic E-state index is 0.0404. The maximum absolute atomic E-state index is 13.6. The van der Waals surface area contributed by atoms with E-state index in [1.54, 1.807) is 0 Å². The van der Waals surface area contributed by atoms with E-state index in [4.69, 9.17) is 0 Å². The highest BCUT2D eigenvalue weighted by atomic mass is 16.3. The quantitative estimate of drug-likeness (QED) is 0.758. The van der Waals surface area contributed by atoms with Gasteiger partial charge in [0.25, 0.3) is 0 Å². The van der Waals surface area contributed by atoms with Crippen LogP contribution in [0.4, 0.5) is 0 Å². The van der Waals surface area contributed by atoms with E-state index in [1.807, 2.05) is 6.08 Å². The van der Waals surface area contributed by atoms with E-state index in [-0.39, 0.29) is 17.6 Å². The number of allylic oxidation sites excluding steroid dienone is 1. The average molecular weight is 380 g/mol. The first-order valence-electron chi connectivity index (χ1n) is 11.0. The number of carbonyl (C=O) groups excluding carboxylic acids is 1. The Morgan fingerprint density at radius 3 is 2.32 bits per heavy atom. The van der Waals surface area contributed by atoms with Gasteiger partial charge in [0.2, 0.25) is 0 Å². The van der Waals surface area contributed by atoms with Gasteiger partial charge in [0.15, 0.2) is 5.78 Å². The van der Waals surface area contributed by atoms with Crippen LogP contribution in [0.1, 0.15) is 74.6 Å². The lowest BCUT2D eigenvalue weighted by Crippen LogP contribution is -2.50. The van der Waals surface area contributed by atoms with Gasteiger partial charge in [-0.25, -0.2) is 0 Å². The molecule has 3 heteroatoms. The lowest BCUT2D eigenvalue weighted by atomic mass is 9.48. The molecular weight excluding hydrogens is 346 g/mol. The number of aryl methyl sites for hydroxylation is 1. The van der Waals surface area contributed by atoms with E-state index in [9.17, 15) is 9.90 Å². The minimum Gasteiger partial charge on any atom is -0.392 e. The molecule has 4 saturated carbocycles. The first-order chi connectivity index (χ1) is 13.3. The number of hydrogen-bond acceptors (Lipinski definition) is 3. The summed E-state index contributed by atoms with van der Waals surface area (Å²) in [6, 6.07) is 4.29. The molecule has 0 aromatic heterocycles. The summed E-state index contributed by atoms with van der Waals surface area (Å²) in [6.07, 6.45) is 10.2. The molecule has 0 atom stereocenters. The highest BCUT2D eigenvalue weighted by Crippen LogP contribution is 2.60. The van der Waals surface area contributed by atoms with Crippen molar-refractivity contribution in [3.63, 3.8) is 0 Å². The Morgan fingerprint density at radius 2 is 1.75 bits per heavy atom. The van der Waals surface area contributed by atoms with E-state index < -0.39 is 0 Å². The normalized spacial score (nSPS) is 36.3. The average Bonchev–Trinajstić information content (AvgIpc) is 2.59. The maximum atomic E-state index is 13.6. The molecule has 0 spiro atoms. The van der Waals surface area contributed by atoms with Crippen molar-refractivity contribution >= 4 is 11.5 Å². The van der Waals surface area contributed by atoms with E-state index in [0.29, 0.717) is 5.78 Å². The molecule has 1 aromatic carbocycles. The molecule has 28 heavy (non-hydrogen) atoms. The van der Waals surface area contributed by atoms with Crippen LogP contribution in [0, 0.1) is 30.1 Å². The van der Waals surface area contributed by atoms with Crippen LogP contribution in [0.25, 0.3) is 5.70 Å². The second-order valence-electron chi connectivity index (χ2n) is 10.9. The van der Waals surface area contributed by atoms with Crippen LogP contribution in [0.3, 0.4) is 0 Å². The van der Waals surface area contributed by atoms with Gasteiger partial charge in [0.1, 0.15) is 0 Å². The molecule has 4 aliphatic carbocycles. The first-order valence-corrected chi connectivity index (χ1v) is 11.0. The van der Waals surface area contributed by atoms with Crippen molar-refractivity contribution in [3.8, 4) is 0 Å². The van der Waals surface area contributed by atoms with Crippen molar-refractivity contribution in [2.24, 2.45) is 23.2 Å². The summed E-state index contributed by atoms with van der Waals surface area (Å²) in [6.45, 7) is 6.51. The molecule has 1 heterocycles. The number of aliphatic hydroxyl groups excluding tert-OH is 1. The number of aliphatic hydroxyl groups is 1. The number of rotatable bonds is 3. The summed E-state index contributed by atoms with van der Waals surface area (Å²) < 4.78 is 0. The van der Waals surface area contributed by atoms with E-state index in [0.717, 1.165) is 65.8 Å². The fraction of sp³-hybridized carbons (Fsp3) is 0.640. The van der Waals surface area contributed by atoms with Crippen molar-refractivity contribution in [1.82, 2.24) is 5.32 Å². The lowest BCUT2D eigenvalue weighted by molar-refractivity contribution is -0.138. The number of ketones is 1. The van der Waals surface area contributed by atoms with Crippen LogP contribution in [-0.4, -0.2) is 16.4 Å². The van der Waals surface area contributed by atoms with E-state index >= 15 is 0 Å². The molecule has 0 unspecified atom stereocenters. The summed E-state index contributed by atoms with van der Waals surface area (Å²) in [4.78, 5) is 13.6. The molecule has 0 radical (unpaired) electrons. The Bertz CT molecular complexity index is 828. The number of nitrogens with one attached hydrogen (secondary N) is 1. The fourth-order valence-corrected chi connectivity index (χ4v) is 7.14. The fourth-order valence-electron chi connectivity index (χ4n) is 7.14. The number of hydrogen-bond donors (Lipinski definition) is 2. The summed E-state index contributed by atoms with van der Waals surface area (Å²) in [5.41, 5.74) is 5.25. The van der Waals surface area contributed by atoms with Gasteiger partial charge in [-0.1, -0.05) is 6.07 Å². The van der Waals surface area contributed by atoms with Crippen molar-refractivity contribution in [3.05, 3.63) is 40.5 Å². The summed E-state index contributed by atoms with van der Waals surface area (Å²) in [5, 5.41) is 13.4. The number of fused-ring (bicyclic) bond motifs is 1. The molecule has 0 saturated heterocycles. The van der Waals surface area contributed by atoms with Crippen LogP contribution in [-0.2, 0) is 17.8 Å². The van der Waals surface area contributed by atoms with Gasteiger partial charge in [0.05, 0.1) is 6.61 Å². The smallest absolute Gasteiger partial charge is 0.163 e. The lowest BCUT2D eigenvalue weighted by Gasteiger charge is -2.55. The van der Waals surface area contributed by atoms with Gasteiger partial charge in [-0.15, -0.1) is 0 Å². The zero-order valence-electron chi connectivity index (χ0n) is 17.5. The summed E-state index contributed by atoms with van der Waals surface area (Å²) in [7, 11) is 0. The highest BCUT2D eigenvalue weighted by Gasteiger charge is 2.54. The van der Waals surface area contributed by atoms with Crippen LogP contribution in [0.2, 0.25) is 0 Å².